The van der Waals surface area contributed by atoms with Crippen LogP contribution in [-0.4, -0.2) is 18.0 Å². The fourth-order valence-electron chi connectivity index (χ4n) is 3.35. The summed E-state index contributed by atoms with van der Waals surface area (Å²) in [7, 11) is 0. The number of allylic oxidation sites excluding steroid dienone is 2. The van der Waals surface area contributed by atoms with Gasteiger partial charge in [-0.1, -0.05) is 30.3 Å². The molecule has 1 fully saturated rings. The van der Waals surface area contributed by atoms with Crippen LogP contribution < -0.4 is 0 Å². The molecule has 1 aromatic rings. The zero-order chi connectivity index (χ0) is 12.2. The van der Waals surface area contributed by atoms with E-state index in [4.69, 9.17) is 0 Å². The van der Waals surface area contributed by atoms with Crippen molar-refractivity contribution >= 4 is 5.57 Å². The van der Waals surface area contributed by atoms with Crippen LogP contribution in [0.4, 0.5) is 0 Å². The maximum absolute atomic E-state index is 2.67. The van der Waals surface area contributed by atoms with E-state index in [1.54, 1.807) is 11.3 Å². The van der Waals surface area contributed by atoms with E-state index in [0.717, 1.165) is 0 Å². The molecule has 0 saturated carbocycles. The highest BCUT2D eigenvalue weighted by Crippen LogP contribution is 2.35. The molecule has 2 aliphatic rings. The van der Waals surface area contributed by atoms with Crippen molar-refractivity contribution < 1.29 is 0 Å². The lowest BCUT2D eigenvalue weighted by atomic mass is 9.89. The van der Waals surface area contributed by atoms with Crippen LogP contribution >= 0.6 is 0 Å². The highest BCUT2D eigenvalue weighted by Gasteiger charge is 2.20. The molecule has 0 radical (unpaired) electrons. The first kappa shape index (κ1) is 11.8. The molecule has 0 amide bonds. The van der Waals surface area contributed by atoms with Crippen molar-refractivity contribution in [2.45, 2.75) is 44.9 Å². The van der Waals surface area contributed by atoms with E-state index in [1.165, 1.54) is 63.6 Å². The third kappa shape index (κ3) is 2.45. The van der Waals surface area contributed by atoms with Crippen LogP contribution in [0, 0.1) is 0 Å². The monoisotopic (exact) mass is 241 g/mol. The number of hydrogen-bond donors (Lipinski definition) is 0. The second-order valence-electron chi connectivity index (χ2n) is 5.55. The first-order valence-corrected chi connectivity index (χ1v) is 7.47. The Morgan fingerprint density at radius 3 is 2.22 bits per heavy atom. The summed E-state index contributed by atoms with van der Waals surface area (Å²) in [5, 5.41) is 0. The van der Waals surface area contributed by atoms with Gasteiger partial charge in [0.05, 0.1) is 0 Å². The molecule has 3 rings (SSSR count). The van der Waals surface area contributed by atoms with Gasteiger partial charge in [-0.05, 0) is 56.1 Å². The van der Waals surface area contributed by atoms with Crippen LogP contribution in [0.2, 0.25) is 0 Å². The maximum Gasteiger partial charge on any atom is 0.0175 e. The molecule has 0 spiro atoms. The van der Waals surface area contributed by atoms with E-state index in [1.807, 2.05) is 0 Å². The Morgan fingerprint density at radius 1 is 0.722 bits per heavy atom. The van der Waals surface area contributed by atoms with Crippen molar-refractivity contribution in [3.8, 4) is 0 Å². The minimum absolute atomic E-state index is 1.27. The van der Waals surface area contributed by atoms with Gasteiger partial charge >= 0.3 is 0 Å². The Labute approximate surface area is 111 Å². The average Bonchev–Trinajstić information content (AvgIpc) is 2.49. The number of nitrogens with zero attached hydrogens (tertiary/aromatic N) is 1. The lowest BCUT2D eigenvalue weighted by molar-refractivity contribution is 0.273. The minimum atomic E-state index is 1.27. The highest BCUT2D eigenvalue weighted by atomic mass is 15.1. The zero-order valence-corrected chi connectivity index (χ0v) is 11.2. The summed E-state index contributed by atoms with van der Waals surface area (Å²) in [5.41, 5.74) is 4.74. The molecule has 0 bridgehead atoms. The van der Waals surface area contributed by atoms with E-state index in [0.29, 0.717) is 0 Å². The van der Waals surface area contributed by atoms with Crippen LogP contribution in [0.25, 0.3) is 5.57 Å². The van der Waals surface area contributed by atoms with E-state index in [2.05, 4.69) is 35.2 Å². The number of benzene rings is 1. The molecule has 1 aromatic carbocycles. The van der Waals surface area contributed by atoms with E-state index in [9.17, 15) is 0 Å². The molecule has 1 aliphatic heterocycles. The lowest BCUT2D eigenvalue weighted by Gasteiger charge is -2.35. The van der Waals surface area contributed by atoms with Gasteiger partial charge in [-0.25, -0.2) is 0 Å². The second kappa shape index (κ2) is 5.60. The molecule has 0 aromatic heterocycles. The summed E-state index contributed by atoms with van der Waals surface area (Å²) in [4.78, 5) is 2.67. The standard InChI is InChI=1S/C17H23N/c1-3-9-15(10-4-1)16-11-5-6-12-17(16)18-13-7-2-8-14-18/h1,3-4,9-10H,2,5-8,11-14H2. The van der Waals surface area contributed by atoms with Gasteiger partial charge in [-0.3, -0.25) is 0 Å². The van der Waals surface area contributed by atoms with Crippen LogP contribution in [0.5, 0.6) is 0 Å². The summed E-state index contributed by atoms with van der Waals surface area (Å²) in [6.45, 7) is 2.57. The van der Waals surface area contributed by atoms with Crippen LogP contribution in [-0.2, 0) is 0 Å². The summed E-state index contributed by atoms with van der Waals surface area (Å²) in [6, 6.07) is 11.0. The van der Waals surface area contributed by atoms with Crippen molar-refractivity contribution in [3.05, 3.63) is 41.6 Å². The molecular weight excluding hydrogens is 218 g/mol. The third-order valence-corrected chi connectivity index (χ3v) is 4.30. The fourth-order valence-corrected chi connectivity index (χ4v) is 3.35. The minimum Gasteiger partial charge on any atom is -0.375 e. The summed E-state index contributed by atoms with van der Waals surface area (Å²) in [6.07, 6.45) is 9.49. The molecule has 0 N–H and O–H groups in total. The van der Waals surface area contributed by atoms with E-state index in [-0.39, 0.29) is 0 Å². The van der Waals surface area contributed by atoms with Gasteiger partial charge in [0.15, 0.2) is 0 Å². The Morgan fingerprint density at radius 2 is 1.44 bits per heavy atom. The summed E-state index contributed by atoms with van der Waals surface area (Å²) < 4.78 is 0. The summed E-state index contributed by atoms with van der Waals surface area (Å²) in [5.74, 6) is 0. The van der Waals surface area contributed by atoms with Gasteiger partial charge in [0.1, 0.15) is 0 Å². The molecule has 1 heteroatoms. The highest BCUT2D eigenvalue weighted by molar-refractivity contribution is 5.69. The van der Waals surface area contributed by atoms with Crippen molar-refractivity contribution in [1.29, 1.82) is 0 Å². The predicted molar refractivity (Wildman–Crippen MR) is 77.3 cm³/mol. The smallest absolute Gasteiger partial charge is 0.0175 e. The first-order valence-electron chi connectivity index (χ1n) is 7.47. The van der Waals surface area contributed by atoms with Crippen LogP contribution in [0.15, 0.2) is 36.0 Å². The molecule has 0 atom stereocenters. The lowest BCUT2D eigenvalue weighted by Crippen LogP contribution is -2.30. The molecule has 0 unspecified atom stereocenters. The first-order chi connectivity index (χ1) is 8.95. The van der Waals surface area contributed by atoms with Crippen molar-refractivity contribution in [1.82, 2.24) is 4.90 Å². The number of likely N-dealkylation sites (tertiary alicyclic amines) is 1. The van der Waals surface area contributed by atoms with Crippen molar-refractivity contribution in [2.24, 2.45) is 0 Å². The molecule has 96 valence electrons. The molecule has 1 heterocycles. The number of rotatable bonds is 2. The average molecular weight is 241 g/mol. The molecule has 18 heavy (non-hydrogen) atoms. The van der Waals surface area contributed by atoms with Gasteiger partial charge in [0.25, 0.3) is 0 Å². The number of piperidine rings is 1. The zero-order valence-electron chi connectivity index (χ0n) is 11.2. The normalized spacial score (nSPS) is 21.2. The Hall–Kier alpha value is -1.24. The van der Waals surface area contributed by atoms with Gasteiger partial charge in [-0.15, -0.1) is 0 Å². The molecule has 1 saturated heterocycles. The molecule has 1 nitrogen and oxygen atoms in total. The topological polar surface area (TPSA) is 3.24 Å². The largest absolute Gasteiger partial charge is 0.375 e. The van der Waals surface area contributed by atoms with Gasteiger partial charge < -0.3 is 4.90 Å². The Bertz CT molecular complexity index is 412. The van der Waals surface area contributed by atoms with Gasteiger partial charge in [0.2, 0.25) is 0 Å². The van der Waals surface area contributed by atoms with Crippen molar-refractivity contribution in [2.75, 3.05) is 13.1 Å². The maximum atomic E-state index is 2.67. The Balaban J connectivity index is 1.92. The predicted octanol–water partition coefficient (Wildman–Crippen LogP) is 4.46. The fraction of sp³-hybridized carbons (Fsp3) is 0.529. The van der Waals surface area contributed by atoms with Crippen LogP contribution in [0.1, 0.15) is 50.5 Å². The van der Waals surface area contributed by atoms with Gasteiger partial charge in [0, 0.05) is 18.8 Å². The van der Waals surface area contributed by atoms with E-state index >= 15 is 0 Å². The Kier molecular flexibility index (Phi) is 3.68. The molecule has 1 aliphatic carbocycles. The molecular formula is C17H23N. The number of hydrogen-bond acceptors (Lipinski definition) is 1. The van der Waals surface area contributed by atoms with E-state index < -0.39 is 0 Å². The second-order valence-corrected chi connectivity index (χ2v) is 5.55. The third-order valence-electron chi connectivity index (χ3n) is 4.30. The van der Waals surface area contributed by atoms with Gasteiger partial charge in [-0.2, -0.15) is 0 Å². The van der Waals surface area contributed by atoms with Crippen molar-refractivity contribution in [3.63, 3.8) is 0 Å². The SMILES string of the molecule is c1ccc(C2=C(N3CCCCC3)CCCC2)cc1. The van der Waals surface area contributed by atoms with Crippen LogP contribution in [0.3, 0.4) is 0 Å². The quantitative estimate of drug-likeness (QED) is 0.739. The summed E-state index contributed by atoms with van der Waals surface area (Å²) >= 11 is 0.